The van der Waals surface area contributed by atoms with Gasteiger partial charge in [-0.15, -0.1) is 0 Å². The van der Waals surface area contributed by atoms with E-state index in [1.165, 1.54) is 24.1 Å². The van der Waals surface area contributed by atoms with Crippen LogP contribution in [0.25, 0.3) is 0 Å². The minimum atomic E-state index is -1.22. The Kier molecular flexibility index (Phi) is 4.20. The minimum Gasteiger partial charge on any atom is -0.480 e. The van der Waals surface area contributed by atoms with Crippen molar-refractivity contribution in [2.24, 2.45) is 0 Å². The molecule has 0 fully saturated rings. The number of hydrogen-bond donors (Lipinski definition) is 2. The number of aliphatic carboxylic acids is 1. The number of benzene rings is 1. The standard InChI is InChI=1S/C10H9Cl2NO4/c1-13(4-8(14)15)9-6(10(16)17)2-5(11)3-7(9)12/h2-3H,4H2,1H3,(H,14,15)(H,16,17). The molecular formula is C10H9Cl2NO4. The average molecular weight is 278 g/mol. The fraction of sp³-hybridized carbons (Fsp3) is 0.200. The second-order valence-corrected chi connectivity index (χ2v) is 4.18. The van der Waals surface area contributed by atoms with E-state index >= 15 is 0 Å². The van der Waals surface area contributed by atoms with E-state index < -0.39 is 11.9 Å². The third kappa shape index (κ3) is 3.25. The Balaban J connectivity index is 3.30. The maximum absolute atomic E-state index is 11.0. The lowest BCUT2D eigenvalue weighted by Gasteiger charge is -2.20. The van der Waals surface area contributed by atoms with Gasteiger partial charge in [-0.25, -0.2) is 4.79 Å². The number of nitrogens with zero attached hydrogens (tertiary/aromatic N) is 1. The van der Waals surface area contributed by atoms with Gasteiger partial charge in [0.05, 0.1) is 16.3 Å². The van der Waals surface area contributed by atoms with Gasteiger partial charge in [-0.2, -0.15) is 0 Å². The van der Waals surface area contributed by atoms with Crippen LogP contribution in [0.15, 0.2) is 12.1 Å². The third-order valence-corrected chi connectivity index (χ3v) is 2.52. The largest absolute Gasteiger partial charge is 0.480 e. The molecule has 0 aromatic heterocycles. The first-order valence-electron chi connectivity index (χ1n) is 4.48. The zero-order chi connectivity index (χ0) is 13.2. The first-order chi connectivity index (χ1) is 7.82. The Labute approximate surface area is 107 Å². The maximum atomic E-state index is 11.0. The molecule has 7 heteroatoms. The fourth-order valence-corrected chi connectivity index (χ4v) is 2.04. The van der Waals surface area contributed by atoms with Crippen LogP contribution in [0.4, 0.5) is 5.69 Å². The number of carbonyl (C=O) groups is 2. The Bertz CT molecular complexity index is 476. The number of carboxylic acids is 2. The van der Waals surface area contributed by atoms with Crippen molar-refractivity contribution < 1.29 is 19.8 Å². The molecule has 0 aliphatic heterocycles. The van der Waals surface area contributed by atoms with Crippen LogP contribution in [0, 0.1) is 0 Å². The summed E-state index contributed by atoms with van der Waals surface area (Å²) in [6, 6.07) is 2.59. The van der Waals surface area contributed by atoms with Crippen LogP contribution >= 0.6 is 23.2 Å². The molecule has 0 spiro atoms. The minimum absolute atomic E-state index is 0.0960. The number of halogens is 2. The molecule has 0 radical (unpaired) electrons. The van der Waals surface area contributed by atoms with E-state index in [4.69, 9.17) is 33.4 Å². The molecule has 1 aromatic carbocycles. The molecule has 0 heterocycles. The first-order valence-corrected chi connectivity index (χ1v) is 5.23. The van der Waals surface area contributed by atoms with Crippen molar-refractivity contribution in [2.75, 3.05) is 18.5 Å². The summed E-state index contributed by atoms with van der Waals surface area (Å²) in [7, 11) is 1.44. The molecule has 1 rings (SSSR count). The number of hydrogen-bond acceptors (Lipinski definition) is 3. The van der Waals surface area contributed by atoms with Crippen molar-refractivity contribution in [1.82, 2.24) is 0 Å². The van der Waals surface area contributed by atoms with Gasteiger partial charge in [-0.1, -0.05) is 23.2 Å². The summed E-state index contributed by atoms with van der Waals surface area (Å²) in [4.78, 5) is 22.8. The lowest BCUT2D eigenvalue weighted by atomic mass is 10.1. The van der Waals surface area contributed by atoms with Crippen molar-refractivity contribution in [3.63, 3.8) is 0 Å². The van der Waals surface area contributed by atoms with Crippen molar-refractivity contribution in [1.29, 1.82) is 0 Å². The molecule has 0 saturated carbocycles. The lowest BCUT2D eigenvalue weighted by Crippen LogP contribution is -2.27. The molecule has 17 heavy (non-hydrogen) atoms. The number of likely N-dealkylation sites (N-methyl/N-ethyl adjacent to an activating group) is 1. The molecular weight excluding hydrogens is 269 g/mol. The predicted octanol–water partition coefficient (Wildman–Crippen LogP) is 2.21. The summed E-state index contributed by atoms with van der Waals surface area (Å²) in [5.74, 6) is -2.31. The molecule has 0 aliphatic rings. The van der Waals surface area contributed by atoms with E-state index in [2.05, 4.69) is 0 Å². The van der Waals surface area contributed by atoms with Gasteiger partial charge >= 0.3 is 11.9 Å². The summed E-state index contributed by atoms with van der Waals surface area (Å²) in [5, 5.41) is 17.9. The van der Waals surface area contributed by atoms with Crippen molar-refractivity contribution in [3.05, 3.63) is 27.7 Å². The Morgan fingerprint density at radius 1 is 1.29 bits per heavy atom. The highest BCUT2D eigenvalue weighted by Crippen LogP contribution is 2.32. The smallest absolute Gasteiger partial charge is 0.337 e. The van der Waals surface area contributed by atoms with Gasteiger partial charge in [0.25, 0.3) is 0 Å². The Morgan fingerprint density at radius 2 is 1.88 bits per heavy atom. The van der Waals surface area contributed by atoms with Crippen LogP contribution in [0.5, 0.6) is 0 Å². The fourth-order valence-electron chi connectivity index (χ4n) is 1.40. The van der Waals surface area contributed by atoms with Gasteiger partial charge in [0, 0.05) is 12.1 Å². The molecule has 0 saturated heterocycles. The monoisotopic (exact) mass is 277 g/mol. The van der Waals surface area contributed by atoms with Crippen LogP contribution in [-0.2, 0) is 4.79 Å². The van der Waals surface area contributed by atoms with E-state index in [9.17, 15) is 9.59 Å². The van der Waals surface area contributed by atoms with Crippen molar-refractivity contribution >= 4 is 40.8 Å². The van der Waals surface area contributed by atoms with Gasteiger partial charge in [0.15, 0.2) is 0 Å². The van der Waals surface area contributed by atoms with Crippen LogP contribution in [0.2, 0.25) is 10.0 Å². The normalized spacial score (nSPS) is 10.1. The van der Waals surface area contributed by atoms with Gasteiger partial charge in [-0.05, 0) is 12.1 Å². The summed E-state index contributed by atoms with van der Waals surface area (Å²) >= 11 is 11.6. The molecule has 0 atom stereocenters. The first kappa shape index (κ1) is 13.6. The summed E-state index contributed by atoms with van der Waals surface area (Å²) in [6.07, 6.45) is 0. The SMILES string of the molecule is CN(CC(=O)O)c1c(Cl)cc(Cl)cc1C(=O)O. The van der Waals surface area contributed by atoms with Crippen molar-refractivity contribution in [2.45, 2.75) is 0 Å². The summed E-state index contributed by atoms with van der Waals surface area (Å²) < 4.78 is 0. The number of aromatic carboxylic acids is 1. The van der Waals surface area contributed by atoms with Gasteiger partial charge in [0.1, 0.15) is 6.54 Å². The molecule has 0 amide bonds. The summed E-state index contributed by atoms with van der Waals surface area (Å²) in [6.45, 7) is -0.359. The molecule has 0 bridgehead atoms. The van der Waals surface area contributed by atoms with Crippen LogP contribution in [0.3, 0.4) is 0 Å². The van der Waals surface area contributed by atoms with Gasteiger partial charge in [-0.3, -0.25) is 4.79 Å². The van der Waals surface area contributed by atoms with E-state index in [1.54, 1.807) is 0 Å². The predicted molar refractivity (Wildman–Crippen MR) is 64.3 cm³/mol. The zero-order valence-electron chi connectivity index (χ0n) is 8.78. The number of carboxylic acid groups (broad SMARTS) is 2. The second kappa shape index (κ2) is 5.25. The van der Waals surface area contributed by atoms with Gasteiger partial charge in [0.2, 0.25) is 0 Å². The van der Waals surface area contributed by atoms with Crippen LogP contribution in [-0.4, -0.2) is 35.7 Å². The Morgan fingerprint density at radius 3 is 2.35 bits per heavy atom. The molecule has 2 N–H and O–H groups in total. The quantitative estimate of drug-likeness (QED) is 0.882. The van der Waals surface area contributed by atoms with Crippen molar-refractivity contribution in [3.8, 4) is 0 Å². The topological polar surface area (TPSA) is 77.8 Å². The van der Waals surface area contributed by atoms with E-state index in [-0.39, 0.29) is 27.8 Å². The average Bonchev–Trinajstić information content (AvgIpc) is 2.14. The molecule has 0 aliphatic carbocycles. The maximum Gasteiger partial charge on any atom is 0.337 e. The lowest BCUT2D eigenvalue weighted by molar-refractivity contribution is -0.135. The third-order valence-electron chi connectivity index (χ3n) is 2.01. The number of rotatable bonds is 4. The zero-order valence-corrected chi connectivity index (χ0v) is 10.3. The van der Waals surface area contributed by atoms with E-state index in [0.717, 1.165) is 0 Å². The molecule has 0 unspecified atom stereocenters. The highest BCUT2D eigenvalue weighted by atomic mass is 35.5. The van der Waals surface area contributed by atoms with Crippen LogP contribution < -0.4 is 4.90 Å². The summed E-state index contributed by atoms with van der Waals surface area (Å²) in [5.41, 5.74) is -0.00258. The number of anilines is 1. The Hall–Kier alpha value is -1.46. The highest BCUT2D eigenvalue weighted by Gasteiger charge is 2.19. The molecule has 1 aromatic rings. The van der Waals surface area contributed by atoms with E-state index in [0.29, 0.717) is 0 Å². The molecule has 5 nitrogen and oxygen atoms in total. The van der Waals surface area contributed by atoms with Gasteiger partial charge < -0.3 is 15.1 Å². The van der Waals surface area contributed by atoms with E-state index in [1.807, 2.05) is 0 Å². The molecule has 92 valence electrons. The highest BCUT2D eigenvalue weighted by molar-refractivity contribution is 6.37. The second-order valence-electron chi connectivity index (χ2n) is 3.34. The van der Waals surface area contributed by atoms with Crippen LogP contribution in [0.1, 0.15) is 10.4 Å².